The van der Waals surface area contributed by atoms with E-state index in [9.17, 15) is 9.13 Å². The molecule has 22 heteroatoms. The number of alkyl halides is 2. The van der Waals surface area contributed by atoms with E-state index in [4.69, 9.17) is 46.6 Å². The van der Waals surface area contributed by atoms with E-state index in [0.29, 0.717) is 11.2 Å². The highest BCUT2D eigenvalue weighted by atomic mass is 31.2. The van der Waals surface area contributed by atoms with Crippen LogP contribution in [0.4, 0.5) is 20.3 Å². The van der Waals surface area contributed by atoms with Crippen LogP contribution in [0.5, 0.6) is 0 Å². The van der Waals surface area contributed by atoms with Crippen molar-refractivity contribution in [3.8, 4) is 0 Å². The van der Waals surface area contributed by atoms with Gasteiger partial charge in [0, 0.05) is 12.9 Å². The smallest absolute Gasteiger partial charge is 0.328 e. The molecule has 0 bridgehead atoms. The number of pyridine rings is 1. The molecule has 0 amide bonds. The minimum atomic E-state index is -4.55. The molecule has 0 saturated carbocycles. The maximum Gasteiger partial charge on any atom is 0.328 e. The summed E-state index contributed by atoms with van der Waals surface area (Å²) in [5.74, 6) is 0.0555. The molecule has 17 nitrogen and oxygen atoms in total. The quantitative estimate of drug-likeness (QED) is 0.233. The number of nitrogens with zero attached hydrogens (tertiary/aromatic N) is 7. The van der Waals surface area contributed by atoms with Crippen molar-refractivity contribution in [1.82, 2.24) is 34.1 Å². The highest BCUT2D eigenvalue weighted by molar-refractivity contribution is 7.79. The minimum Gasteiger partial charge on any atom is -0.397 e. The van der Waals surface area contributed by atoms with Gasteiger partial charge in [0.1, 0.15) is 41.8 Å². The minimum absolute atomic E-state index is 0.0555. The number of rotatable bonds is 2. The standard InChI is InChI=1S/C22H24BF2N9O8P2/c1-43(35)37-4-10-17(13(25)22(39-10)34-8-32-15-18(27)29-6-30-20(15)34)42-44(23,36)38-5-11-16(41-43)12(24)21(40-11)33-7-31-14-9(26)2-3-28-19(14)33/h2-3,6-8,10-13,16-17,21-22H,4-5H2,1H3,(H2,26,28)(H2,27,29,30)/t10-,11-,12-,13-,16-,17-,21-,22-,43-,44-/m1/s1. The van der Waals surface area contributed by atoms with Gasteiger partial charge in [0.15, 0.2) is 41.9 Å². The van der Waals surface area contributed by atoms with E-state index < -0.39 is 77.5 Å². The van der Waals surface area contributed by atoms with Crippen molar-refractivity contribution in [3.63, 3.8) is 0 Å². The van der Waals surface area contributed by atoms with Crippen molar-refractivity contribution in [3.05, 3.63) is 31.2 Å². The van der Waals surface area contributed by atoms with Crippen molar-refractivity contribution >= 4 is 56.5 Å². The summed E-state index contributed by atoms with van der Waals surface area (Å²) in [4.78, 5) is 20.4. The maximum absolute atomic E-state index is 16.0. The Kier molecular flexibility index (Phi) is 7.25. The molecule has 10 atom stereocenters. The van der Waals surface area contributed by atoms with Gasteiger partial charge in [0.05, 0.1) is 31.6 Å². The molecule has 2 radical (unpaired) electrons. The molecule has 0 spiro atoms. The normalized spacial score (nSPS) is 38.2. The van der Waals surface area contributed by atoms with Crippen LogP contribution in [0.25, 0.3) is 22.3 Å². The maximum atomic E-state index is 16.0. The second-order valence-corrected chi connectivity index (χ2v) is 13.9. The Hall–Kier alpha value is -3.09. The van der Waals surface area contributed by atoms with Gasteiger partial charge < -0.3 is 34.5 Å². The number of anilines is 2. The van der Waals surface area contributed by atoms with E-state index >= 15 is 8.78 Å². The largest absolute Gasteiger partial charge is 0.397 e. The molecule has 3 saturated heterocycles. The summed E-state index contributed by atoms with van der Waals surface area (Å²) in [5.41, 5.74) is 13.0. The average molecular weight is 653 g/mol. The number of fused-ring (bicyclic) bond motifs is 4. The van der Waals surface area contributed by atoms with Crippen molar-refractivity contribution in [2.24, 2.45) is 0 Å². The third-order valence-corrected chi connectivity index (χ3v) is 9.73. The van der Waals surface area contributed by atoms with Gasteiger partial charge in [0.25, 0.3) is 7.47 Å². The van der Waals surface area contributed by atoms with Crippen LogP contribution < -0.4 is 11.5 Å². The fourth-order valence-corrected chi connectivity index (χ4v) is 7.57. The fraction of sp³-hybridized carbons (Fsp3) is 0.500. The molecular formula is C22H24BF2N9O8P2. The molecule has 3 fully saturated rings. The molecule has 0 aliphatic carbocycles. The Morgan fingerprint density at radius 1 is 0.864 bits per heavy atom. The number of nitrogen functional groups attached to an aromatic ring is 2. The molecule has 4 aromatic rings. The molecule has 7 heterocycles. The lowest BCUT2D eigenvalue weighted by Crippen LogP contribution is -2.37. The monoisotopic (exact) mass is 653 g/mol. The van der Waals surface area contributed by atoms with E-state index in [2.05, 4.69) is 24.9 Å². The van der Waals surface area contributed by atoms with Crippen molar-refractivity contribution in [2.75, 3.05) is 31.3 Å². The first-order valence-electron chi connectivity index (χ1n) is 13.1. The summed E-state index contributed by atoms with van der Waals surface area (Å²) in [6.07, 6.45) is -7.57. The Morgan fingerprint density at radius 3 is 2.14 bits per heavy atom. The average Bonchev–Trinajstić information content (AvgIpc) is 3.73. The molecule has 4 aromatic heterocycles. The molecule has 232 valence electrons. The first-order valence-corrected chi connectivity index (χ1v) is 16.7. The zero-order valence-corrected chi connectivity index (χ0v) is 24.5. The van der Waals surface area contributed by atoms with Crippen LogP contribution in [0, 0.1) is 0 Å². The lowest BCUT2D eigenvalue weighted by molar-refractivity contribution is -0.0556. The predicted molar refractivity (Wildman–Crippen MR) is 148 cm³/mol. The van der Waals surface area contributed by atoms with Crippen LogP contribution in [0.3, 0.4) is 0 Å². The number of nitrogens with two attached hydrogens (primary N) is 2. The van der Waals surface area contributed by atoms with Crippen molar-refractivity contribution in [1.29, 1.82) is 0 Å². The van der Waals surface area contributed by atoms with Crippen molar-refractivity contribution in [2.45, 2.75) is 49.2 Å². The molecule has 7 rings (SSSR count). The number of imidazole rings is 2. The van der Waals surface area contributed by atoms with E-state index in [1.54, 1.807) is 0 Å². The number of hydrogen-bond donors (Lipinski definition) is 2. The van der Waals surface area contributed by atoms with Crippen LogP contribution >= 0.6 is 15.1 Å². The van der Waals surface area contributed by atoms with Crippen LogP contribution in [-0.4, -0.2) is 98.3 Å². The van der Waals surface area contributed by atoms with Crippen LogP contribution in [0.1, 0.15) is 12.5 Å². The number of aromatic nitrogens is 7. The molecule has 44 heavy (non-hydrogen) atoms. The predicted octanol–water partition coefficient (Wildman–Crippen LogP) is 1.82. The summed E-state index contributed by atoms with van der Waals surface area (Å²) in [5, 5.41) is 0. The summed E-state index contributed by atoms with van der Waals surface area (Å²) < 4.78 is 94.8. The molecule has 0 aromatic carbocycles. The molecule has 4 N–H and O–H groups in total. The second kappa shape index (κ2) is 10.8. The van der Waals surface area contributed by atoms with Gasteiger partial charge >= 0.3 is 7.60 Å². The van der Waals surface area contributed by atoms with Crippen LogP contribution in [-0.2, 0) is 36.7 Å². The van der Waals surface area contributed by atoms with Gasteiger partial charge in [-0.25, -0.2) is 33.7 Å². The lowest BCUT2D eigenvalue weighted by atomic mass is 10.1. The van der Waals surface area contributed by atoms with E-state index in [-0.39, 0.29) is 22.6 Å². The third kappa shape index (κ3) is 5.08. The molecular weight excluding hydrogens is 629 g/mol. The van der Waals surface area contributed by atoms with Gasteiger partial charge in [-0.15, -0.1) is 0 Å². The van der Waals surface area contributed by atoms with Crippen LogP contribution in [0.15, 0.2) is 31.2 Å². The van der Waals surface area contributed by atoms with E-state index in [0.717, 1.165) is 13.0 Å². The lowest BCUT2D eigenvalue weighted by Gasteiger charge is -2.29. The van der Waals surface area contributed by atoms with Gasteiger partial charge in [-0.2, -0.15) is 0 Å². The number of hydrogen-bond acceptors (Lipinski definition) is 15. The molecule has 3 aliphatic rings. The first kappa shape index (κ1) is 29.6. The zero-order valence-electron chi connectivity index (χ0n) is 22.7. The number of halogens is 2. The Labute approximate surface area is 248 Å². The fourth-order valence-electron chi connectivity index (χ4n) is 5.39. The molecule has 0 unspecified atom stereocenters. The Bertz CT molecular complexity index is 1700. The number of ether oxygens (including phenoxy) is 2. The first-order chi connectivity index (χ1) is 20.9. The zero-order chi connectivity index (χ0) is 31.0. The van der Waals surface area contributed by atoms with Gasteiger partial charge in [-0.05, 0) is 6.07 Å². The topological polar surface area (TPSA) is 216 Å². The van der Waals surface area contributed by atoms with Gasteiger partial charge in [0.2, 0.25) is 7.57 Å². The highest BCUT2D eigenvalue weighted by Crippen LogP contribution is 2.54. The third-order valence-electron chi connectivity index (χ3n) is 7.44. The summed E-state index contributed by atoms with van der Waals surface area (Å²) in [6, 6.07) is 1.53. The summed E-state index contributed by atoms with van der Waals surface area (Å²) in [7, 11) is -2.79. The summed E-state index contributed by atoms with van der Waals surface area (Å²) >= 11 is 0. The Balaban J connectivity index is 1.17. The second-order valence-electron chi connectivity index (χ2n) is 10.4. The summed E-state index contributed by atoms with van der Waals surface area (Å²) in [6.45, 7) is -0.136. The highest BCUT2D eigenvalue weighted by Gasteiger charge is 2.53. The Morgan fingerprint density at radius 2 is 1.45 bits per heavy atom. The van der Waals surface area contributed by atoms with Gasteiger partial charge in [-0.3, -0.25) is 22.8 Å². The van der Waals surface area contributed by atoms with Gasteiger partial charge in [-0.1, -0.05) is 0 Å². The van der Waals surface area contributed by atoms with E-state index in [1.807, 2.05) is 0 Å². The molecule has 3 aliphatic heterocycles. The van der Waals surface area contributed by atoms with Crippen molar-refractivity contribution < 1.29 is 45.5 Å². The SMILES string of the molecule is [B][P@@]1(=O)OC[C@H]2O[C@@H](n3cnc4c(N)ccnc43)[C@H](F)[C@@H]2O[P@](C)(=O)OC[C@H]2O[C@@H](n3cnc4c(N)ncnc43)[C@H](F)[C@@H]2O1. The van der Waals surface area contributed by atoms with Crippen LogP contribution in [0.2, 0.25) is 0 Å². The van der Waals surface area contributed by atoms with E-state index in [1.165, 1.54) is 34.1 Å².